The zero-order valence-corrected chi connectivity index (χ0v) is 14.9. The lowest BCUT2D eigenvalue weighted by molar-refractivity contribution is 0.415. The van der Waals surface area contributed by atoms with E-state index in [4.69, 9.17) is 4.74 Å². The molecule has 0 bridgehead atoms. The van der Waals surface area contributed by atoms with Crippen molar-refractivity contribution in [1.29, 1.82) is 0 Å². The number of thiophene rings is 1. The van der Waals surface area contributed by atoms with E-state index in [0.717, 1.165) is 21.8 Å². The first-order chi connectivity index (χ1) is 13.3. The Morgan fingerprint density at radius 2 is 2.07 bits per heavy atom. The van der Waals surface area contributed by atoms with E-state index >= 15 is 0 Å². The monoisotopic (exact) mass is 379 g/mol. The molecule has 134 valence electrons. The summed E-state index contributed by atoms with van der Waals surface area (Å²) in [6.07, 6.45) is 0. The molecule has 5 rings (SSSR count). The van der Waals surface area contributed by atoms with E-state index in [0.29, 0.717) is 17.3 Å². The lowest BCUT2D eigenvalue weighted by Crippen LogP contribution is -2.28. The van der Waals surface area contributed by atoms with Gasteiger partial charge in [-0.2, -0.15) is 9.78 Å². The van der Waals surface area contributed by atoms with E-state index in [1.165, 1.54) is 0 Å². The van der Waals surface area contributed by atoms with Crippen molar-refractivity contribution in [3.05, 3.63) is 62.6 Å². The van der Waals surface area contributed by atoms with Gasteiger partial charge in [0.1, 0.15) is 17.5 Å². The molecule has 1 aliphatic heterocycles. The van der Waals surface area contributed by atoms with Crippen molar-refractivity contribution < 1.29 is 4.74 Å². The second-order valence-electron chi connectivity index (χ2n) is 5.91. The lowest BCUT2D eigenvalue weighted by atomic mass is 9.96. The molecule has 0 aliphatic carbocycles. The number of hydrogen-bond acceptors (Lipinski definition) is 8. The first kappa shape index (κ1) is 15.7. The van der Waals surface area contributed by atoms with Gasteiger partial charge in [-0.05, 0) is 46.1 Å². The molecule has 0 unspecified atom stereocenters. The quantitative estimate of drug-likeness (QED) is 0.494. The minimum absolute atomic E-state index is 0.321. The number of nitrogens with one attached hydrogen (secondary N) is 2. The fraction of sp³-hybridized carbons (Fsp3) is 0.118. The molecule has 27 heavy (non-hydrogen) atoms. The molecule has 0 spiro atoms. The zero-order chi connectivity index (χ0) is 18.4. The van der Waals surface area contributed by atoms with Gasteiger partial charge < -0.3 is 10.1 Å². The van der Waals surface area contributed by atoms with Crippen LogP contribution in [0.3, 0.4) is 0 Å². The number of tetrazole rings is 1. The van der Waals surface area contributed by atoms with Crippen LogP contribution in [0.4, 0.5) is 11.6 Å². The van der Waals surface area contributed by atoms with Crippen LogP contribution < -0.4 is 15.6 Å². The average Bonchev–Trinajstić information content (AvgIpc) is 3.39. The Bertz CT molecular complexity index is 1160. The summed E-state index contributed by atoms with van der Waals surface area (Å²) in [5.74, 6) is 1.16. The summed E-state index contributed by atoms with van der Waals surface area (Å²) >= 11 is 1.57. The number of benzene rings is 1. The molecule has 3 aromatic heterocycles. The van der Waals surface area contributed by atoms with Gasteiger partial charge in [0, 0.05) is 16.0 Å². The third kappa shape index (κ3) is 2.41. The van der Waals surface area contributed by atoms with Gasteiger partial charge in [-0.15, -0.1) is 11.3 Å². The van der Waals surface area contributed by atoms with Gasteiger partial charge in [-0.1, -0.05) is 11.2 Å². The van der Waals surface area contributed by atoms with Crippen molar-refractivity contribution in [3.8, 4) is 17.0 Å². The van der Waals surface area contributed by atoms with Gasteiger partial charge in [-0.25, -0.2) is 5.10 Å². The van der Waals surface area contributed by atoms with Crippen molar-refractivity contribution in [2.75, 3.05) is 12.4 Å². The second kappa shape index (κ2) is 6.02. The van der Waals surface area contributed by atoms with Crippen molar-refractivity contribution in [2.24, 2.45) is 0 Å². The molecule has 10 heteroatoms. The summed E-state index contributed by atoms with van der Waals surface area (Å²) in [6, 6.07) is 11.1. The molecule has 1 aliphatic rings. The Labute approximate surface area is 156 Å². The molecular formula is C17H13N7O2S. The third-order valence-corrected chi connectivity index (χ3v) is 5.37. The first-order valence-electron chi connectivity index (χ1n) is 8.11. The Balaban J connectivity index is 1.78. The summed E-state index contributed by atoms with van der Waals surface area (Å²) in [6.45, 7) is 0. The number of anilines is 2. The molecule has 0 amide bonds. The molecule has 1 aromatic carbocycles. The van der Waals surface area contributed by atoms with Gasteiger partial charge >= 0.3 is 0 Å². The van der Waals surface area contributed by atoms with Crippen LogP contribution in [0.15, 0.2) is 46.6 Å². The van der Waals surface area contributed by atoms with Gasteiger partial charge in [0.2, 0.25) is 5.95 Å². The van der Waals surface area contributed by atoms with Crippen LogP contribution in [0.25, 0.3) is 11.3 Å². The van der Waals surface area contributed by atoms with Crippen LogP contribution in [0, 0.1) is 0 Å². The molecule has 0 radical (unpaired) electrons. The molecule has 0 saturated heterocycles. The normalized spacial score (nSPS) is 14.9. The van der Waals surface area contributed by atoms with Crippen molar-refractivity contribution in [2.45, 2.75) is 6.04 Å². The number of nitrogens with zero attached hydrogens (tertiary/aromatic N) is 5. The topological polar surface area (TPSA) is 111 Å². The SMILES string of the molecule is COc1ccc(-c2n[nH]c(=O)c3c2[C@@H](c2cccs2)n2nnnc2N3)cc1. The number of aromatic nitrogens is 6. The fourth-order valence-electron chi connectivity index (χ4n) is 3.22. The Morgan fingerprint density at radius 3 is 2.81 bits per heavy atom. The second-order valence-corrected chi connectivity index (χ2v) is 6.89. The highest BCUT2D eigenvalue weighted by molar-refractivity contribution is 7.10. The molecule has 9 nitrogen and oxygen atoms in total. The van der Waals surface area contributed by atoms with E-state index in [2.05, 4.69) is 31.0 Å². The molecule has 4 heterocycles. The summed E-state index contributed by atoms with van der Waals surface area (Å²) < 4.78 is 6.90. The highest BCUT2D eigenvalue weighted by atomic mass is 32.1. The van der Waals surface area contributed by atoms with E-state index < -0.39 is 0 Å². The standard InChI is InChI=1S/C17H13N7O2S/c1-26-10-6-4-9(5-7-10)13-12-14(16(25)20-19-13)18-17-21-22-23-24(17)15(12)11-3-2-8-27-11/h2-8,15H,1H3,(H,20,25)(H,18,21,23)/t15-/m1/s1. The highest BCUT2D eigenvalue weighted by Gasteiger charge is 2.34. The van der Waals surface area contributed by atoms with Crippen LogP contribution in [-0.2, 0) is 0 Å². The average molecular weight is 379 g/mol. The van der Waals surface area contributed by atoms with Gasteiger partial charge in [-0.3, -0.25) is 4.79 Å². The van der Waals surface area contributed by atoms with E-state index in [-0.39, 0.29) is 11.6 Å². The number of aromatic amines is 1. The summed E-state index contributed by atoms with van der Waals surface area (Å²) in [7, 11) is 1.62. The third-order valence-electron chi connectivity index (χ3n) is 4.44. The maximum Gasteiger partial charge on any atom is 0.288 e. The smallest absolute Gasteiger partial charge is 0.288 e. The highest BCUT2D eigenvalue weighted by Crippen LogP contribution is 2.42. The Hall–Kier alpha value is -3.53. The molecule has 0 fully saturated rings. The Kier molecular flexibility index (Phi) is 3.50. The molecule has 4 aromatic rings. The largest absolute Gasteiger partial charge is 0.497 e. The summed E-state index contributed by atoms with van der Waals surface area (Å²) in [5.41, 5.74) is 2.31. The van der Waals surface area contributed by atoms with Crippen LogP contribution in [0.1, 0.15) is 16.5 Å². The number of hydrogen-bond donors (Lipinski definition) is 2. The maximum atomic E-state index is 12.5. The van der Waals surface area contributed by atoms with E-state index in [1.54, 1.807) is 23.1 Å². The minimum atomic E-state index is -0.349. The van der Waals surface area contributed by atoms with Gasteiger partial charge in [0.25, 0.3) is 5.56 Å². The van der Waals surface area contributed by atoms with Crippen LogP contribution >= 0.6 is 11.3 Å². The van der Waals surface area contributed by atoms with Crippen LogP contribution in [0.5, 0.6) is 5.75 Å². The van der Waals surface area contributed by atoms with Gasteiger partial charge in [0.15, 0.2) is 0 Å². The zero-order valence-electron chi connectivity index (χ0n) is 14.1. The molecule has 2 N–H and O–H groups in total. The minimum Gasteiger partial charge on any atom is -0.497 e. The molecular weight excluding hydrogens is 366 g/mol. The van der Waals surface area contributed by atoms with E-state index in [9.17, 15) is 4.79 Å². The summed E-state index contributed by atoms with van der Waals surface area (Å²) in [5, 5.41) is 23.8. The predicted octanol–water partition coefficient (Wildman–Crippen LogP) is 2.19. The van der Waals surface area contributed by atoms with E-state index in [1.807, 2.05) is 41.8 Å². The summed E-state index contributed by atoms with van der Waals surface area (Å²) in [4.78, 5) is 13.5. The maximum absolute atomic E-state index is 12.5. The Morgan fingerprint density at radius 1 is 1.22 bits per heavy atom. The first-order valence-corrected chi connectivity index (χ1v) is 8.99. The fourth-order valence-corrected chi connectivity index (χ4v) is 4.03. The van der Waals surface area contributed by atoms with Crippen molar-refractivity contribution in [3.63, 3.8) is 0 Å². The number of methoxy groups -OCH3 is 1. The van der Waals surface area contributed by atoms with Crippen LogP contribution in [0.2, 0.25) is 0 Å². The number of fused-ring (bicyclic) bond motifs is 2. The predicted molar refractivity (Wildman–Crippen MR) is 99.5 cm³/mol. The molecule has 0 saturated carbocycles. The number of ether oxygens (including phenoxy) is 1. The van der Waals surface area contributed by atoms with Crippen molar-refractivity contribution >= 4 is 23.0 Å². The number of rotatable bonds is 3. The van der Waals surface area contributed by atoms with Gasteiger partial charge in [0.05, 0.1) is 12.8 Å². The number of H-pyrrole nitrogens is 1. The van der Waals surface area contributed by atoms with Crippen molar-refractivity contribution in [1.82, 2.24) is 30.4 Å². The lowest BCUT2D eigenvalue weighted by Gasteiger charge is -2.26. The molecule has 1 atom stereocenters. The van der Waals surface area contributed by atoms with Crippen LogP contribution in [-0.4, -0.2) is 37.5 Å².